The normalized spacial score (nSPS) is 13.0. The summed E-state index contributed by atoms with van der Waals surface area (Å²) in [6.45, 7) is 0. The van der Waals surface area contributed by atoms with Crippen LogP contribution < -0.4 is 9.37 Å². The molecule has 150 valence electrons. The molecule has 0 radical (unpaired) electrons. The Morgan fingerprint density at radius 2 is 0.833 bits per heavy atom. The molecule has 0 aromatic heterocycles. The van der Waals surface area contributed by atoms with Gasteiger partial charge in [0.2, 0.25) is 0 Å². The van der Waals surface area contributed by atoms with Gasteiger partial charge < -0.3 is 0 Å². The molecule has 4 aromatic carbocycles. The monoisotopic (exact) mass is 628 g/mol. The van der Waals surface area contributed by atoms with E-state index in [2.05, 4.69) is 36.4 Å². The third-order valence-corrected chi connectivity index (χ3v) is 29.9. The average Bonchev–Trinajstić information content (AvgIpc) is 2.81. The molecular weight excluding hydrogens is 606 g/mol. The Bertz CT molecular complexity index is 974. The third kappa shape index (κ3) is 3.73. The molecule has 0 bridgehead atoms. The molecule has 1 N–H and O–H groups in total. The van der Waals surface area contributed by atoms with Crippen LogP contribution in [0.3, 0.4) is 0 Å². The Morgan fingerprint density at radius 1 is 0.533 bits per heavy atom. The predicted molar refractivity (Wildman–Crippen MR) is 130 cm³/mol. The molecule has 0 spiro atoms. The van der Waals surface area contributed by atoms with Crippen LogP contribution in [0.5, 0.6) is 0 Å². The quantitative estimate of drug-likeness (QED) is 0.245. The van der Waals surface area contributed by atoms with E-state index in [1.165, 1.54) is 0 Å². The molecule has 1 atom stereocenters. The molecule has 0 amide bonds. The van der Waals surface area contributed by atoms with Gasteiger partial charge in [-0.2, -0.15) is 0 Å². The van der Waals surface area contributed by atoms with Crippen LogP contribution in [0.2, 0.25) is 0 Å². The molecule has 1 nitrogen and oxygen atoms in total. The van der Waals surface area contributed by atoms with Crippen molar-refractivity contribution in [2.24, 2.45) is 0 Å². The number of benzene rings is 4. The molecular formula is C26H22Cl2OPb. The fourth-order valence-corrected chi connectivity index (χ4v) is 28.9. The zero-order chi connectivity index (χ0) is 21.0. The van der Waals surface area contributed by atoms with E-state index in [1.54, 1.807) is 0 Å². The average molecular weight is 629 g/mol. The van der Waals surface area contributed by atoms with Crippen LogP contribution in [0.4, 0.5) is 0 Å². The molecule has 4 heteroatoms. The molecule has 0 aliphatic heterocycles. The van der Waals surface area contributed by atoms with Crippen LogP contribution in [-0.4, -0.2) is 28.2 Å². The van der Waals surface area contributed by atoms with Crippen molar-refractivity contribution in [2.75, 3.05) is 0 Å². The van der Waals surface area contributed by atoms with Gasteiger partial charge in [-0.3, -0.25) is 0 Å². The summed E-state index contributed by atoms with van der Waals surface area (Å²) in [6, 6.07) is 40.3. The number of aliphatic hydroxyl groups is 1. The summed E-state index contributed by atoms with van der Waals surface area (Å²) in [6.07, 6.45) is -1.04. The van der Waals surface area contributed by atoms with Gasteiger partial charge in [0.25, 0.3) is 0 Å². The molecule has 0 saturated heterocycles. The Hall–Kier alpha value is -1.66. The van der Waals surface area contributed by atoms with Crippen LogP contribution in [0.25, 0.3) is 0 Å². The summed E-state index contributed by atoms with van der Waals surface area (Å²) in [5, 5.41) is 11.6. The Morgan fingerprint density at radius 3 is 1.17 bits per heavy atom. The van der Waals surface area contributed by atoms with Crippen molar-refractivity contribution in [2.45, 2.75) is 8.00 Å². The standard InChI is InChI=1S/C8H7Cl2O.3C6H5.Pb/c9-8(10)7(11)6-4-2-1-3-5-6;3*1-2-4-6-5-3-1;/h1-5,7,11H;3*1-5H;. The van der Waals surface area contributed by atoms with Crippen LogP contribution in [-0.2, 0) is 0 Å². The van der Waals surface area contributed by atoms with Crippen LogP contribution >= 0.6 is 23.2 Å². The van der Waals surface area contributed by atoms with Gasteiger partial charge in [-0.1, -0.05) is 0 Å². The van der Waals surface area contributed by atoms with Crippen molar-refractivity contribution in [1.29, 1.82) is 0 Å². The van der Waals surface area contributed by atoms with E-state index in [1.807, 2.05) is 84.9 Å². The second-order valence-electron chi connectivity index (χ2n) is 7.28. The van der Waals surface area contributed by atoms with Crippen LogP contribution in [0, 0.1) is 0 Å². The molecule has 1 unspecified atom stereocenters. The summed E-state index contributed by atoms with van der Waals surface area (Å²) < 4.78 is 1.99. The molecule has 0 aliphatic rings. The van der Waals surface area contributed by atoms with Gasteiger partial charge in [0.15, 0.2) is 0 Å². The van der Waals surface area contributed by atoms with Gasteiger partial charge in [-0.25, -0.2) is 0 Å². The first-order valence-electron chi connectivity index (χ1n) is 9.86. The fourth-order valence-electron chi connectivity index (χ4n) is 4.19. The zero-order valence-corrected chi connectivity index (χ0v) is 21.7. The third-order valence-electron chi connectivity index (χ3n) is 5.58. The number of halogens is 2. The Kier molecular flexibility index (Phi) is 6.64. The zero-order valence-electron chi connectivity index (χ0n) is 16.3. The number of hydrogen-bond donors (Lipinski definition) is 1. The number of alkyl halides is 2. The van der Waals surface area contributed by atoms with Gasteiger partial charge in [-0.15, -0.1) is 0 Å². The summed E-state index contributed by atoms with van der Waals surface area (Å²) in [5.74, 6) is 0. The number of rotatable bonds is 6. The van der Waals surface area contributed by atoms with Crippen molar-refractivity contribution in [1.82, 2.24) is 0 Å². The summed E-state index contributed by atoms with van der Waals surface area (Å²) in [4.78, 5) is 0. The van der Waals surface area contributed by atoms with Gasteiger partial charge in [0.1, 0.15) is 0 Å². The number of hydrogen-bond acceptors (Lipinski definition) is 1. The van der Waals surface area contributed by atoms with E-state index in [-0.39, 0.29) is 0 Å². The second-order valence-corrected chi connectivity index (χ2v) is 26.8. The van der Waals surface area contributed by atoms with E-state index < -0.39 is 29.2 Å². The maximum atomic E-state index is 11.6. The second kappa shape index (κ2) is 9.23. The van der Waals surface area contributed by atoms with E-state index in [9.17, 15) is 5.11 Å². The first kappa shape index (κ1) is 21.6. The molecule has 4 aromatic rings. The first-order chi connectivity index (χ1) is 14.6. The van der Waals surface area contributed by atoms with Crippen molar-refractivity contribution >= 4 is 53.7 Å². The van der Waals surface area contributed by atoms with Crippen molar-refractivity contribution in [3.05, 3.63) is 127 Å². The molecule has 0 saturated carbocycles. The SMILES string of the molecule is OC(c1ccccc1)[C](Cl)(Cl)[Pb]([c]1ccccc1)([c]1ccccc1)[c]1ccccc1. The van der Waals surface area contributed by atoms with Crippen LogP contribution in [0.1, 0.15) is 11.7 Å². The summed E-state index contributed by atoms with van der Waals surface area (Å²) in [5.41, 5.74) is 0.717. The molecule has 30 heavy (non-hydrogen) atoms. The minimum atomic E-state index is -4.38. The van der Waals surface area contributed by atoms with Gasteiger partial charge in [0.05, 0.1) is 0 Å². The van der Waals surface area contributed by atoms with Gasteiger partial charge in [0, 0.05) is 0 Å². The predicted octanol–water partition coefficient (Wildman–Crippen LogP) is 4.60. The van der Waals surface area contributed by atoms with E-state index in [0.717, 1.165) is 14.9 Å². The molecule has 4 rings (SSSR count). The number of aliphatic hydroxyl groups excluding tert-OH is 1. The topological polar surface area (TPSA) is 20.2 Å². The van der Waals surface area contributed by atoms with Gasteiger partial charge >= 0.3 is 194 Å². The van der Waals surface area contributed by atoms with E-state index >= 15 is 0 Å². The minimum absolute atomic E-state index is 0.717. The summed E-state index contributed by atoms with van der Waals surface area (Å²) >= 11 is 10.3. The molecule has 0 fully saturated rings. The maximum absolute atomic E-state index is 11.6. The van der Waals surface area contributed by atoms with Crippen molar-refractivity contribution in [3.63, 3.8) is 0 Å². The van der Waals surface area contributed by atoms with Crippen molar-refractivity contribution in [3.8, 4) is 0 Å². The molecule has 0 heterocycles. The van der Waals surface area contributed by atoms with Gasteiger partial charge in [-0.05, 0) is 0 Å². The van der Waals surface area contributed by atoms with Crippen LogP contribution in [0.15, 0.2) is 121 Å². The molecule has 0 aliphatic carbocycles. The summed E-state index contributed by atoms with van der Waals surface area (Å²) in [7, 11) is 0. The van der Waals surface area contributed by atoms with E-state index in [4.69, 9.17) is 23.2 Å². The van der Waals surface area contributed by atoms with E-state index in [0.29, 0.717) is 0 Å². The first-order valence-corrected chi connectivity index (χ1v) is 18.4. The Labute approximate surface area is 192 Å². The van der Waals surface area contributed by atoms with Crippen molar-refractivity contribution < 1.29 is 5.11 Å². The fraction of sp³-hybridized carbons (Fsp3) is 0.0769. The Balaban J connectivity index is 2.07.